The standard InChI is InChI=1S/C14H18BrN5O/c1-4-7-21-14-19-12(16-3)18-13(20-14)17-10-5-6-11(15)9(2)8-10/h5-6,8H,4,7H2,1-3H3,(H2,16,17,18,19,20). The predicted molar refractivity (Wildman–Crippen MR) is 87.3 cm³/mol. The summed E-state index contributed by atoms with van der Waals surface area (Å²) in [7, 11) is 1.76. The molecular formula is C14H18BrN5O. The molecule has 0 saturated carbocycles. The smallest absolute Gasteiger partial charge is 0.323 e. The molecule has 2 aromatic rings. The molecule has 1 aromatic heterocycles. The summed E-state index contributed by atoms with van der Waals surface area (Å²) in [6.07, 6.45) is 0.898. The second-order valence-electron chi connectivity index (χ2n) is 4.45. The number of nitrogens with one attached hydrogen (secondary N) is 2. The van der Waals surface area contributed by atoms with Crippen molar-refractivity contribution in [1.29, 1.82) is 0 Å². The molecule has 0 aliphatic heterocycles. The summed E-state index contributed by atoms with van der Waals surface area (Å²) in [5.74, 6) is 0.912. The van der Waals surface area contributed by atoms with E-state index in [9.17, 15) is 0 Å². The largest absolute Gasteiger partial charge is 0.463 e. The number of rotatable bonds is 6. The number of hydrogen-bond acceptors (Lipinski definition) is 6. The van der Waals surface area contributed by atoms with Gasteiger partial charge in [-0.05, 0) is 37.1 Å². The highest BCUT2D eigenvalue weighted by Gasteiger charge is 2.07. The maximum atomic E-state index is 5.47. The van der Waals surface area contributed by atoms with Crippen LogP contribution < -0.4 is 15.4 Å². The summed E-state index contributed by atoms with van der Waals surface area (Å²) < 4.78 is 6.53. The molecule has 112 valence electrons. The van der Waals surface area contributed by atoms with Gasteiger partial charge in [-0.2, -0.15) is 15.0 Å². The molecule has 2 N–H and O–H groups in total. The fraction of sp³-hybridized carbons (Fsp3) is 0.357. The molecule has 0 atom stereocenters. The van der Waals surface area contributed by atoms with E-state index >= 15 is 0 Å². The Kier molecular flexibility index (Phi) is 5.32. The van der Waals surface area contributed by atoms with Crippen LogP contribution in [-0.4, -0.2) is 28.6 Å². The van der Waals surface area contributed by atoms with E-state index in [0.29, 0.717) is 24.5 Å². The van der Waals surface area contributed by atoms with Gasteiger partial charge in [0.2, 0.25) is 11.9 Å². The van der Waals surface area contributed by atoms with Gasteiger partial charge in [0.05, 0.1) is 6.61 Å². The van der Waals surface area contributed by atoms with Crippen molar-refractivity contribution in [3.8, 4) is 6.01 Å². The average Bonchev–Trinajstić information content (AvgIpc) is 2.48. The first-order valence-corrected chi connectivity index (χ1v) is 7.51. The van der Waals surface area contributed by atoms with E-state index in [-0.39, 0.29) is 0 Å². The lowest BCUT2D eigenvalue weighted by atomic mass is 10.2. The summed E-state index contributed by atoms with van der Waals surface area (Å²) in [6.45, 7) is 4.63. The monoisotopic (exact) mass is 351 g/mol. The SMILES string of the molecule is CCCOc1nc(NC)nc(Nc2ccc(Br)c(C)c2)n1. The molecule has 0 saturated heterocycles. The second kappa shape index (κ2) is 7.21. The van der Waals surface area contributed by atoms with Gasteiger partial charge in [-0.25, -0.2) is 0 Å². The number of hydrogen-bond donors (Lipinski definition) is 2. The van der Waals surface area contributed by atoms with Crippen molar-refractivity contribution in [2.24, 2.45) is 0 Å². The fourth-order valence-corrected chi connectivity index (χ4v) is 1.88. The van der Waals surface area contributed by atoms with E-state index in [0.717, 1.165) is 22.1 Å². The molecule has 21 heavy (non-hydrogen) atoms. The molecule has 6 nitrogen and oxygen atoms in total. The summed E-state index contributed by atoms with van der Waals surface area (Å²) in [6, 6.07) is 6.26. The minimum atomic E-state index is 0.313. The molecule has 0 aliphatic carbocycles. The van der Waals surface area contributed by atoms with E-state index in [4.69, 9.17) is 4.74 Å². The lowest BCUT2D eigenvalue weighted by Gasteiger charge is -2.10. The number of anilines is 3. The molecule has 0 spiro atoms. The van der Waals surface area contributed by atoms with Crippen LogP contribution in [0.2, 0.25) is 0 Å². The first-order valence-electron chi connectivity index (χ1n) is 6.72. The molecule has 1 heterocycles. The Balaban J connectivity index is 2.23. The topological polar surface area (TPSA) is 72.0 Å². The normalized spacial score (nSPS) is 10.3. The van der Waals surface area contributed by atoms with Gasteiger partial charge in [0.25, 0.3) is 0 Å². The van der Waals surface area contributed by atoms with E-state index in [2.05, 4.69) is 41.5 Å². The van der Waals surface area contributed by atoms with Gasteiger partial charge in [-0.15, -0.1) is 0 Å². The summed E-state index contributed by atoms with van der Waals surface area (Å²) >= 11 is 3.48. The maximum Gasteiger partial charge on any atom is 0.323 e. The third kappa shape index (κ3) is 4.29. The van der Waals surface area contributed by atoms with Crippen molar-refractivity contribution in [3.63, 3.8) is 0 Å². The van der Waals surface area contributed by atoms with E-state index in [1.54, 1.807) is 7.05 Å². The molecule has 0 unspecified atom stereocenters. The van der Waals surface area contributed by atoms with Crippen LogP contribution >= 0.6 is 15.9 Å². The van der Waals surface area contributed by atoms with Crippen LogP contribution in [0.25, 0.3) is 0 Å². The van der Waals surface area contributed by atoms with Crippen LogP contribution in [0.1, 0.15) is 18.9 Å². The van der Waals surface area contributed by atoms with Crippen LogP contribution in [0.3, 0.4) is 0 Å². The zero-order chi connectivity index (χ0) is 15.2. The Morgan fingerprint density at radius 2 is 1.95 bits per heavy atom. The average molecular weight is 352 g/mol. The molecule has 0 aliphatic rings. The van der Waals surface area contributed by atoms with Crippen LogP contribution in [0.15, 0.2) is 22.7 Å². The lowest BCUT2D eigenvalue weighted by molar-refractivity contribution is 0.292. The zero-order valence-corrected chi connectivity index (χ0v) is 13.9. The molecule has 0 amide bonds. The van der Waals surface area contributed by atoms with Crippen LogP contribution in [-0.2, 0) is 0 Å². The van der Waals surface area contributed by atoms with Gasteiger partial charge in [-0.3, -0.25) is 0 Å². The number of aryl methyl sites for hydroxylation is 1. The van der Waals surface area contributed by atoms with Gasteiger partial charge in [0.15, 0.2) is 0 Å². The van der Waals surface area contributed by atoms with E-state index in [1.807, 2.05) is 32.0 Å². The number of nitrogens with zero attached hydrogens (tertiary/aromatic N) is 3. The quantitative estimate of drug-likeness (QED) is 0.829. The van der Waals surface area contributed by atoms with Gasteiger partial charge in [0.1, 0.15) is 0 Å². The van der Waals surface area contributed by atoms with E-state index in [1.165, 1.54) is 0 Å². The molecule has 1 aromatic carbocycles. The Bertz CT molecular complexity index is 620. The van der Waals surface area contributed by atoms with Crippen molar-refractivity contribution in [2.75, 3.05) is 24.3 Å². The lowest BCUT2D eigenvalue weighted by Crippen LogP contribution is -2.07. The highest BCUT2D eigenvalue weighted by atomic mass is 79.9. The fourth-order valence-electron chi connectivity index (χ4n) is 1.63. The number of benzene rings is 1. The highest BCUT2D eigenvalue weighted by molar-refractivity contribution is 9.10. The van der Waals surface area contributed by atoms with Crippen molar-refractivity contribution in [1.82, 2.24) is 15.0 Å². The predicted octanol–water partition coefficient (Wildman–Crippen LogP) is 3.52. The second-order valence-corrected chi connectivity index (χ2v) is 5.31. The molecule has 0 bridgehead atoms. The van der Waals surface area contributed by atoms with Gasteiger partial charge < -0.3 is 15.4 Å². The van der Waals surface area contributed by atoms with Crippen LogP contribution in [0.4, 0.5) is 17.6 Å². The minimum absolute atomic E-state index is 0.313. The van der Waals surface area contributed by atoms with Gasteiger partial charge >= 0.3 is 6.01 Å². The zero-order valence-electron chi connectivity index (χ0n) is 12.3. The summed E-state index contributed by atoms with van der Waals surface area (Å²) in [5, 5.41) is 6.06. The van der Waals surface area contributed by atoms with Gasteiger partial charge in [-0.1, -0.05) is 22.9 Å². The Morgan fingerprint density at radius 3 is 2.62 bits per heavy atom. The Morgan fingerprint density at radius 1 is 1.19 bits per heavy atom. The molecule has 0 radical (unpaired) electrons. The molecule has 0 fully saturated rings. The number of aromatic nitrogens is 3. The Hall–Kier alpha value is -1.89. The van der Waals surface area contributed by atoms with Crippen molar-refractivity contribution in [3.05, 3.63) is 28.2 Å². The first kappa shape index (κ1) is 15.5. The first-order chi connectivity index (χ1) is 10.1. The van der Waals surface area contributed by atoms with E-state index < -0.39 is 0 Å². The minimum Gasteiger partial charge on any atom is -0.463 e. The third-order valence-corrected chi connectivity index (χ3v) is 3.58. The maximum absolute atomic E-state index is 5.47. The molecule has 7 heteroatoms. The van der Waals surface area contributed by atoms with Crippen molar-refractivity contribution >= 4 is 33.5 Å². The summed E-state index contributed by atoms with van der Waals surface area (Å²) in [4.78, 5) is 12.7. The van der Waals surface area contributed by atoms with Crippen molar-refractivity contribution < 1.29 is 4.74 Å². The van der Waals surface area contributed by atoms with Crippen LogP contribution in [0.5, 0.6) is 6.01 Å². The number of ether oxygens (including phenoxy) is 1. The van der Waals surface area contributed by atoms with Crippen LogP contribution in [0, 0.1) is 6.92 Å². The number of halogens is 1. The Labute approximate surface area is 132 Å². The summed E-state index contributed by atoms with van der Waals surface area (Å²) in [5.41, 5.74) is 2.04. The highest BCUT2D eigenvalue weighted by Crippen LogP contribution is 2.22. The molecule has 2 rings (SSSR count). The molecular weight excluding hydrogens is 334 g/mol. The van der Waals surface area contributed by atoms with Gasteiger partial charge in [0, 0.05) is 17.2 Å². The third-order valence-electron chi connectivity index (χ3n) is 2.69. The van der Waals surface area contributed by atoms with Crippen molar-refractivity contribution in [2.45, 2.75) is 20.3 Å².